The predicted molar refractivity (Wildman–Crippen MR) is 126 cm³/mol. The van der Waals surface area contributed by atoms with E-state index in [1.807, 2.05) is 30.3 Å². The van der Waals surface area contributed by atoms with Gasteiger partial charge in [0.2, 0.25) is 0 Å². The van der Waals surface area contributed by atoms with Gasteiger partial charge in [0, 0.05) is 30.1 Å². The number of nitrogens with one attached hydrogen (secondary N) is 1. The van der Waals surface area contributed by atoms with Gasteiger partial charge >= 0.3 is 0 Å². The van der Waals surface area contributed by atoms with Gasteiger partial charge < -0.3 is 10.1 Å². The quantitative estimate of drug-likeness (QED) is 0.427. The Bertz CT molecular complexity index is 971. The van der Waals surface area contributed by atoms with E-state index in [0.717, 1.165) is 35.8 Å². The highest BCUT2D eigenvalue weighted by atomic mass is 32.2. The van der Waals surface area contributed by atoms with Crippen LogP contribution in [0.4, 0.5) is 0 Å². The summed E-state index contributed by atoms with van der Waals surface area (Å²) in [5, 5.41) is 3.03. The lowest BCUT2D eigenvalue weighted by Gasteiger charge is -2.22. The first kappa shape index (κ1) is 21.5. The zero-order valence-electron chi connectivity index (χ0n) is 17.8. The van der Waals surface area contributed by atoms with Gasteiger partial charge in [-0.2, -0.15) is 0 Å². The summed E-state index contributed by atoms with van der Waals surface area (Å²) in [5.74, 6) is 1.56. The lowest BCUT2D eigenvalue weighted by atomic mass is 10.1. The number of carbonyl (C=O) groups excluding carboxylic acids is 1. The highest BCUT2D eigenvalue weighted by Crippen LogP contribution is 2.29. The first-order valence-electron chi connectivity index (χ1n) is 10.7. The number of carbonyl (C=O) groups is 1. The Kier molecular flexibility index (Phi) is 7.28. The number of ether oxygens (including phenoxy) is 1. The molecule has 5 heteroatoms. The van der Waals surface area contributed by atoms with Gasteiger partial charge in [0.05, 0.1) is 7.11 Å². The molecule has 0 heterocycles. The van der Waals surface area contributed by atoms with Crippen LogP contribution in [0.3, 0.4) is 0 Å². The predicted octanol–water partition coefficient (Wildman–Crippen LogP) is 5.54. The van der Waals surface area contributed by atoms with E-state index in [1.54, 1.807) is 19.1 Å². The summed E-state index contributed by atoms with van der Waals surface area (Å²) in [5.41, 5.74) is 3.16. The van der Waals surface area contributed by atoms with Crippen LogP contribution in [0.15, 0.2) is 83.8 Å². The SMILES string of the molecule is COc1ccc(SN(Cc2ccccc2)Cc2ccc(C(=O)NCC3CC3)cc2)cc1. The van der Waals surface area contributed by atoms with Crippen molar-refractivity contribution in [3.05, 3.63) is 95.6 Å². The Balaban J connectivity index is 1.43. The topological polar surface area (TPSA) is 41.6 Å². The molecular weight excluding hydrogens is 404 g/mol. The standard InChI is InChI=1S/C26H28N2O2S/c1-30-24-13-15-25(16-14-24)31-28(18-21-5-3-2-4-6-21)19-22-9-11-23(12-10-22)26(29)27-17-20-7-8-20/h2-6,9-16,20H,7-8,17-19H2,1H3,(H,27,29). The second-order valence-corrected chi connectivity index (χ2v) is 9.07. The number of nitrogens with zero attached hydrogens (tertiary/aromatic N) is 1. The van der Waals surface area contributed by atoms with Crippen molar-refractivity contribution in [2.75, 3.05) is 13.7 Å². The molecule has 0 radical (unpaired) electrons. The second kappa shape index (κ2) is 10.5. The van der Waals surface area contributed by atoms with E-state index in [-0.39, 0.29) is 5.91 Å². The van der Waals surface area contributed by atoms with Crippen molar-refractivity contribution in [3.8, 4) is 5.75 Å². The highest BCUT2D eigenvalue weighted by Gasteiger charge is 2.21. The molecule has 1 saturated carbocycles. The van der Waals surface area contributed by atoms with Crippen molar-refractivity contribution in [2.24, 2.45) is 5.92 Å². The maximum Gasteiger partial charge on any atom is 0.251 e. The molecule has 31 heavy (non-hydrogen) atoms. The van der Waals surface area contributed by atoms with Gasteiger partial charge in [-0.05, 0) is 78.2 Å². The van der Waals surface area contributed by atoms with Gasteiger partial charge in [-0.3, -0.25) is 4.79 Å². The zero-order chi connectivity index (χ0) is 21.5. The van der Waals surface area contributed by atoms with Gasteiger partial charge in [0.25, 0.3) is 5.91 Å². The first-order chi connectivity index (χ1) is 15.2. The molecule has 1 N–H and O–H groups in total. The minimum atomic E-state index is 0.0206. The smallest absolute Gasteiger partial charge is 0.251 e. The average Bonchev–Trinajstić information content (AvgIpc) is 3.64. The van der Waals surface area contributed by atoms with Crippen LogP contribution in [0, 0.1) is 5.92 Å². The van der Waals surface area contributed by atoms with Crippen LogP contribution in [0.5, 0.6) is 5.75 Å². The van der Waals surface area contributed by atoms with Gasteiger partial charge in [-0.25, -0.2) is 4.31 Å². The van der Waals surface area contributed by atoms with Gasteiger partial charge in [-0.15, -0.1) is 0 Å². The van der Waals surface area contributed by atoms with E-state index < -0.39 is 0 Å². The summed E-state index contributed by atoms with van der Waals surface area (Å²) in [6.45, 7) is 2.39. The van der Waals surface area contributed by atoms with Crippen LogP contribution in [0.25, 0.3) is 0 Å². The minimum Gasteiger partial charge on any atom is -0.497 e. The van der Waals surface area contributed by atoms with Crippen molar-refractivity contribution < 1.29 is 9.53 Å². The van der Waals surface area contributed by atoms with Crippen molar-refractivity contribution in [3.63, 3.8) is 0 Å². The van der Waals surface area contributed by atoms with E-state index in [2.05, 4.69) is 58.2 Å². The Morgan fingerprint density at radius 3 is 2.19 bits per heavy atom. The fourth-order valence-corrected chi connectivity index (χ4v) is 4.30. The monoisotopic (exact) mass is 432 g/mol. The zero-order valence-corrected chi connectivity index (χ0v) is 18.6. The molecule has 0 saturated heterocycles. The Morgan fingerprint density at radius 2 is 1.58 bits per heavy atom. The van der Waals surface area contributed by atoms with Crippen LogP contribution >= 0.6 is 11.9 Å². The second-order valence-electron chi connectivity index (χ2n) is 7.90. The van der Waals surface area contributed by atoms with Crippen LogP contribution < -0.4 is 10.1 Å². The summed E-state index contributed by atoms with van der Waals surface area (Å²) in [6, 6.07) is 26.6. The van der Waals surface area contributed by atoms with E-state index in [0.29, 0.717) is 5.92 Å². The summed E-state index contributed by atoms with van der Waals surface area (Å²) in [4.78, 5) is 13.5. The molecule has 1 aliphatic rings. The number of hydrogen-bond donors (Lipinski definition) is 1. The molecule has 0 bridgehead atoms. The maximum atomic E-state index is 12.3. The lowest BCUT2D eigenvalue weighted by molar-refractivity contribution is 0.0952. The van der Waals surface area contributed by atoms with Gasteiger partial charge in [0.15, 0.2) is 0 Å². The largest absolute Gasteiger partial charge is 0.497 e. The molecule has 0 unspecified atom stereocenters. The molecule has 4 rings (SSSR count). The third-order valence-electron chi connectivity index (χ3n) is 5.32. The molecule has 0 aromatic heterocycles. The van der Waals surface area contributed by atoms with Crippen LogP contribution in [0.2, 0.25) is 0 Å². The summed E-state index contributed by atoms with van der Waals surface area (Å²) < 4.78 is 7.61. The van der Waals surface area contributed by atoms with Gasteiger partial charge in [-0.1, -0.05) is 42.5 Å². The fourth-order valence-electron chi connectivity index (χ4n) is 3.32. The highest BCUT2D eigenvalue weighted by molar-refractivity contribution is 7.97. The van der Waals surface area contributed by atoms with Gasteiger partial charge in [0.1, 0.15) is 5.75 Å². The van der Waals surface area contributed by atoms with E-state index in [1.165, 1.54) is 24.0 Å². The van der Waals surface area contributed by atoms with Crippen molar-refractivity contribution in [1.82, 2.24) is 9.62 Å². The van der Waals surface area contributed by atoms with Crippen molar-refractivity contribution in [1.29, 1.82) is 0 Å². The Labute approximate surface area is 188 Å². The Morgan fingerprint density at radius 1 is 0.935 bits per heavy atom. The summed E-state index contributed by atoms with van der Waals surface area (Å²) >= 11 is 1.72. The molecule has 3 aromatic carbocycles. The molecule has 4 nitrogen and oxygen atoms in total. The molecule has 1 aliphatic carbocycles. The van der Waals surface area contributed by atoms with E-state index in [9.17, 15) is 4.79 Å². The lowest BCUT2D eigenvalue weighted by Crippen LogP contribution is -2.25. The molecule has 1 fully saturated rings. The number of rotatable bonds is 10. The van der Waals surface area contributed by atoms with Crippen LogP contribution in [-0.2, 0) is 13.1 Å². The van der Waals surface area contributed by atoms with Crippen LogP contribution in [-0.4, -0.2) is 23.9 Å². The van der Waals surface area contributed by atoms with E-state index >= 15 is 0 Å². The third kappa shape index (κ3) is 6.61. The molecule has 3 aromatic rings. The minimum absolute atomic E-state index is 0.0206. The number of methoxy groups -OCH3 is 1. The molecule has 0 spiro atoms. The fraction of sp³-hybridized carbons (Fsp3) is 0.269. The molecule has 160 valence electrons. The first-order valence-corrected chi connectivity index (χ1v) is 11.4. The Hall–Kier alpha value is -2.76. The molecular formula is C26H28N2O2S. The number of benzene rings is 3. The number of hydrogen-bond acceptors (Lipinski definition) is 4. The van der Waals surface area contributed by atoms with Crippen molar-refractivity contribution >= 4 is 17.9 Å². The van der Waals surface area contributed by atoms with Crippen molar-refractivity contribution in [2.45, 2.75) is 30.8 Å². The number of amides is 1. The third-order valence-corrected chi connectivity index (χ3v) is 6.32. The normalized spacial score (nSPS) is 13.2. The average molecular weight is 433 g/mol. The molecule has 1 amide bonds. The molecule has 0 aliphatic heterocycles. The molecule has 0 atom stereocenters. The summed E-state index contributed by atoms with van der Waals surface area (Å²) in [7, 11) is 1.68. The van der Waals surface area contributed by atoms with E-state index in [4.69, 9.17) is 4.74 Å². The van der Waals surface area contributed by atoms with Crippen LogP contribution in [0.1, 0.15) is 34.3 Å². The summed E-state index contributed by atoms with van der Waals surface area (Å²) in [6.07, 6.45) is 2.48. The maximum absolute atomic E-state index is 12.3.